The zero-order chi connectivity index (χ0) is 15.3. The van der Waals surface area contributed by atoms with E-state index in [1.165, 1.54) is 0 Å². The Hall–Kier alpha value is -1.94. The van der Waals surface area contributed by atoms with Crippen LogP contribution in [0.15, 0.2) is 36.4 Å². The maximum absolute atomic E-state index is 12.3. The van der Waals surface area contributed by atoms with Crippen molar-refractivity contribution in [3.05, 3.63) is 42.1 Å². The minimum Gasteiger partial charge on any atom is -0.350 e. The Morgan fingerprint density at radius 2 is 1.90 bits per heavy atom. The van der Waals surface area contributed by atoms with Crippen LogP contribution in [-0.4, -0.2) is 24.0 Å². The molecule has 1 aromatic heterocycles. The fourth-order valence-corrected chi connectivity index (χ4v) is 2.41. The number of nitrogens with zero attached hydrogens (tertiary/aromatic N) is 1. The van der Waals surface area contributed by atoms with E-state index in [9.17, 15) is 4.79 Å². The summed E-state index contributed by atoms with van der Waals surface area (Å²) in [5, 5.41) is 4.01. The lowest BCUT2D eigenvalue weighted by Crippen LogP contribution is -2.42. The van der Waals surface area contributed by atoms with Crippen LogP contribution >= 0.6 is 0 Å². The normalized spacial score (nSPS) is 11.6. The van der Waals surface area contributed by atoms with E-state index in [4.69, 9.17) is 5.73 Å². The van der Waals surface area contributed by atoms with Crippen molar-refractivity contribution in [3.8, 4) is 0 Å². The van der Waals surface area contributed by atoms with Crippen molar-refractivity contribution in [1.29, 1.82) is 0 Å². The average molecular weight is 285 g/mol. The molecule has 0 aliphatic rings. The molecule has 0 fully saturated rings. The molecular formula is C17H23N3O. The third-order valence-corrected chi connectivity index (χ3v) is 4.39. The van der Waals surface area contributed by atoms with Gasteiger partial charge in [-0.1, -0.05) is 38.1 Å². The molecule has 21 heavy (non-hydrogen) atoms. The van der Waals surface area contributed by atoms with E-state index in [1.807, 2.05) is 30.3 Å². The Labute approximate surface area is 125 Å². The van der Waals surface area contributed by atoms with Crippen molar-refractivity contribution in [1.82, 2.24) is 10.3 Å². The molecule has 0 bridgehead atoms. The van der Waals surface area contributed by atoms with Gasteiger partial charge in [-0.05, 0) is 36.9 Å². The van der Waals surface area contributed by atoms with Crippen LogP contribution < -0.4 is 11.1 Å². The number of hydrogen-bond donors (Lipinski definition) is 2. The lowest BCUT2D eigenvalue weighted by molar-refractivity contribution is 0.0923. The Balaban J connectivity index is 2.11. The lowest BCUT2D eigenvalue weighted by atomic mass is 9.82. The predicted octanol–water partition coefficient (Wildman–Crippen LogP) is 2.73. The smallest absolute Gasteiger partial charge is 0.269 e. The van der Waals surface area contributed by atoms with Gasteiger partial charge >= 0.3 is 0 Å². The van der Waals surface area contributed by atoms with Gasteiger partial charge in [0.05, 0.1) is 5.52 Å². The molecule has 0 saturated carbocycles. The van der Waals surface area contributed by atoms with Crippen LogP contribution in [0.5, 0.6) is 0 Å². The molecule has 4 nitrogen and oxygen atoms in total. The third kappa shape index (κ3) is 3.39. The molecule has 0 unspecified atom stereocenters. The zero-order valence-corrected chi connectivity index (χ0v) is 12.7. The first-order chi connectivity index (χ1) is 10.1. The molecule has 1 amide bonds. The Bertz CT molecular complexity index is 612. The van der Waals surface area contributed by atoms with Gasteiger partial charge in [-0.25, -0.2) is 4.98 Å². The van der Waals surface area contributed by atoms with Gasteiger partial charge < -0.3 is 11.1 Å². The molecule has 1 heterocycles. The van der Waals surface area contributed by atoms with Gasteiger partial charge in [0.15, 0.2) is 0 Å². The minimum absolute atomic E-state index is 0.0213. The Morgan fingerprint density at radius 1 is 1.19 bits per heavy atom. The molecule has 3 N–H and O–H groups in total. The second kappa shape index (κ2) is 6.68. The number of carbonyl (C=O) groups excluding carboxylic acids is 1. The van der Waals surface area contributed by atoms with Crippen molar-refractivity contribution in [2.24, 2.45) is 11.1 Å². The number of para-hydroxylation sites is 1. The maximum atomic E-state index is 12.3. The number of rotatable bonds is 6. The summed E-state index contributed by atoms with van der Waals surface area (Å²) in [7, 11) is 0. The summed E-state index contributed by atoms with van der Waals surface area (Å²) in [6.07, 6.45) is 1.90. The number of nitrogens with two attached hydrogens (primary N) is 1. The molecule has 0 radical (unpaired) electrons. The highest BCUT2D eigenvalue weighted by Crippen LogP contribution is 2.23. The largest absolute Gasteiger partial charge is 0.350 e. The van der Waals surface area contributed by atoms with E-state index in [1.54, 1.807) is 6.07 Å². The minimum atomic E-state index is -0.138. The van der Waals surface area contributed by atoms with E-state index in [-0.39, 0.29) is 11.3 Å². The van der Waals surface area contributed by atoms with Gasteiger partial charge in [0.25, 0.3) is 5.91 Å². The summed E-state index contributed by atoms with van der Waals surface area (Å²) in [4.78, 5) is 16.7. The third-order valence-electron chi connectivity index (χ3n) is 4.39. The summed E-state index contributed by atoms with van der Waals surface area (Å²) in [5.74, 6) is -0.138. The quantitative estimate of drug-likeness (QED) is 0.857. The number of fused-ring (bicyclic) bond motifs is 1. The van der Waals surface area contributed by atoms with Crippen molar-refractivity contribution >= 4 is 16.8 Å². The number of benzene rings is 1. The first-order valence-corrected chi connectivity index (χ1v) is 7.48. The van der Waals surface area contributed by atoms with Crippen LogP contribution in [0.1, 0.15) is 37.2 Å². The van der Waals surface area contributed by atoms with Crippen molar-refractivity contribution in [2.75, 3.05) is 13.1 Å². The molecule has 2 aromatic rings. The second-order valence-electron chi connectivity index (χ2n) is 5.48. The molecule has 0 spiro atoms. The van der Waals surface area contributed by atoms with E-state index in [2.05, 4.69) is 24.1 Å². The molecule has 0 aliphatic heterocycles. The van der Waals surface area contributed by atoms with Crippen LogP contribution in [-0.2, 0) is 0 Å². The number of aromatic nitrogens is 1. The maximum Gasteiger partial charge on any atom is 0.269 e. The van der Waals surface area contributed by atoms with Gasteiger partial charge in [-0.15, -0.1) is 0 Å². The summed E-state index contributed by atoms with van der Waals surface area (Å²) in [6.45, 7) is 5.38. The fourth-order valence-electron chi connectivity index (χ4n) is 2.41. The molecule has 2 rings (SSSR count). The standard InChI is InChI=1S/C17H23N3O/c1-3-17(4-2,11-18)12-19-16(21)15-10-9-13-7-5-6-8-14(13)20-15/h5-10H,3-4,11-12,18H2,1-2H3,(H,19,21). The lowest BCUT2D eigenvalue weighted by Gasteiger charge is -2.30. The highest BCUT2D eigenvalue weighted by atomic mass is 16.1. The number of nitrogens with one attached hydrogen (secondary N) is 1. The first-order valence-electron chi connectivity index (χ1n) is 7.48. The summed E-state index contributed by atoms with van der Waals surface area (Å²) >= 11 is 0. The van der Waals surface area contributed by atoms with Gasteiger partial charge in [0.1, 0.15) is 5.69 Å². The molecule has 0 saturated heterocycles. The first kappa shape index (κ1) is 15.4. The highest BCUT2D eigenvalue weighted by molar-refractivity contribution is 5.94. The van der Waals surface area contributed by atoms with E-state index < -0.39 is 0 Å². The second-order valence-corrected chi connectivity index (χ2v) is 5.48. The summed E-state index contributed by atoms with van der Waals surface area (Å²) in [5.41, 5.74) is 7.13. The number of pyridine rings is 1. The zero-order valence-electron chi connectivity index (χ0n) is 12.7. The van der Waals surface area contributed by atoms with Crippen LogP contribution in [0.3, 0.4) is 0 Å². The number of carbonyl (C=O) groups is 1. The van der Waals surface area contributed by atoms with Crippen LogP contribution in [0.25, 0.3) is 10.9 Å². The average Bonchev–Trinajstić information content (AvgIpc) is 2.56. The topological polar surface area (TPSA) is 68.0 Å². The Morgan fingerprint density at radius 3 is 2.57 bits per heavy atom. The fraction of sp³-hybridized carbons (Fsp3) is 0.412. The molecular weight excluding hydrogens is 262 g/mol. The van der Waals surface area contributed by atoms with Crippen LogP contribution in [0.2, 0.25) is 0 Å². The van der Waals surface area contributed by atoms with Crippen molar-refractivity contribution in [3.63, 3.8) is 0 Å². The van der Waals surface area contributed by atoms with E-state index in [0.29, 0.717) is 18.8 Å². The number of amides is 1. The monoisotopic (exact) mass is 285 g/mol. The van der Waals surface area contributed by atoms with Crippen LogP contribution in [0, 0.1) is 5.41 Å². The van der Waals surface area contributed by atoms with E-state index in [0.717, 1.165) is 23.7 Å². The van der Waals surface area contributed by atoms with Gasteiger partial charge in [0, 0.05) is 11.9 Å². The summed E-state index contributed by atoms with van der Waals surface area (Å²) in [6, 6.07) is 11.5. The van der Waals surface area contributed by atoms with Gasteiger partial charge in [0.2, 0.25) is 0 Å². The molecule has 112 valence electrons. The van der Waals surface area contributed by atoms with Gasteiger partial charge in [-0.2, -0.15) is 0 Å². The van der Waals surface area contributed by atoms with Crippen molar-refractivity contribution in [2.45, 2.75) is 26.7 Å². The van der Waals surface area contributed by atoms with E-state index >= 15 is 0 Å². The van der Waals surface area contributed by atoms with Gasteiger partial charge in [-0.3, -0.25) is 4.79 Å². The summed E-state index contributed by atoms with van der Waals surface area (Å²) < 4.78 is 0. The SMILES string of the molecule is CCC(CC)(CN)CNC(=O)c1ccc2ccccc2n1. The molecule has 0 atom stereocenters. The molecule has 4 heteroatoms. The highest BCUT2D eigenvalue weighted by Gasteiger charge is 2.25. The molecule has 1 aromatic carbocycles. The van der Waals surface area contributed by atoms with Crippen molar-refractivity contribution < 1.29 is 4.79 Å². The predicted molar refractivity (Wildman–Crippen MR) is 86.1 cm³/mol. The number of hydrogen-bond acceptors (Lipinski definition) is 3. The Kier molecular flexibility index (Phi) is 4.91. The molecule has 0 aliphatic carbocycles. The van der Waals surface area contributed by atoms with Crippen LogP contribution in [0.4, 0.5) is 0 Å².